The van der Waals surface area contributed by atoms with Crippen LogP contribution in [0.2, 0.25) is 0 Å². The second-order valence-electron chi connectivity index (χ2n) is 8.56. The van der Waals surface area contributed by atoms with Crippen LogP contribution in [0.1, 0.15) is 52.0 Å². The molecule has 0 atom stereocenters. The fraction of sp³-hybridized carbons (Fsp3) is 0.364. The van der Waals surface area contributed by atoms with E-state index >= 15 is 0 Å². The second kappa shape index (κ2) is 7.57. The van der Waals surface area contributed by atoms with E-state index in [-0.39, 0.29) is 35.1 Å². The van der Waals surface area contributed by atoms with Gasteiger partial charge in [-0.2, -0.15) is 0 Å². The lowest BCUT2D eigenvalue weighted by Crippen LogP contribution is -2.51. The van der Waals surface area contributed by atoms with Crippen LogP contribution in [0.4, 0.5) is 10.5 Å². The SMILES string of the molecule is CC(C)(C)N1C(=O)c2ccc(NC(=O)N3CCN(C(=O)c4ccco4)CC3)cc2C1=O. The quantitative estimate of drug-likeness (QED) is 0.747. The Bertz CT molecular complexity index is 1050. The number of rotatable bonds is 2. The van der Waals surface area contributed by atoms with Gasteiger partial charge in [-0.05, 0) is 51.1 Å². The normalized spacial score (nSPS) is 16.5. The van der Waals surface area contributed by atoms with E-state index in [4.69, 9.17) is 4.42 Å². The molecule has 0 bridgehead atoms. The largest absolute Gasteiger partial charge is 0.459 e. The molecule has 0 saturated carbocycles. The van der Waals surface area contributed by atoms with Gasteiger partial charge in [0.2, 0.25) is 0 Å². The number of nitrogens with zero attached hydrogens (tertiary/aromatic N) is 3. The smallest absolute Gasteiger partial charge is 0.321 e. The van der Waals surface area contributed by atoms with Crippen LogP contribution in [-0.2, 0) is 0 Å². The summed E-state index contributed by atoms with van der Waals surface area (Å²) < 4.78 is 5.14. The summed E-state index contributed by atoms with van der Waals surface area (Å²) in [5.74, 6) is -0.619. The van der Waals surface area contributed by atoms with Crippen molar-refractivity contribution in [3.8, 4) is 0 Å². The number of hydrogen-bond donors (Lipinski definition) is 1. The second-order valence-corrected chi connectivity index (χ2v) is 8.56. The van der Waals surface area contributed by atoms with Gasteiger partial charge < -0.3 is 19.5 Å². The number of urea groups is 1. The molecule has 2 aliphatic rings. The molecule has 9 heteroatoms. The molecule has 31 heavy (non-hydrogen) atoms. The number of carbonyl (C=O) groups excluding carboxylic acids is 4. The van der Waals surface area contributed by atoms with Crippen LogP contribution in [0, 0.1) is 0 Å². The van der Waals surface area contributed by atoms with Crippen LogP contribution in [0.15, 0.2) is 41.0 Å². The van der Waals surface area contributed by atoms with Crippen LogP contribution in [0.25, 0.3) is 0 Å². The third kappa shape index (κ3) is 3.78. The van der Waals surface area contributed by atoms with Gasteiger partial charge in [0, 0.05) is 37.4 Å². The third-order valence-corrected chi connectivity index (χ3v) is 5.39. The molecule has 4 rings (SSSR count). The Hall–Kier alpha value is -3.62. The van der Waals surface area contributed by atoms with Crippen LogP contribution in [0.3, 0.4) is 0 Å². The Morgan fingerprint density at radius 1 is 0.935 bits per heavy atom. The van der Waals surface area contributed by atoms with Crippen molar-refractivity contribution in [3.63, 3.8) is 0 Å². The highest BCUT2D eigenvalue weighted by atomic mass is 16.3. The number of furan rings is 1. The summed E-state index contributed by atoms with van der Waals surface area (Å²) in [6.07, 6.45) is 1.45. The Morgan fingerprint density at radius 2 is 1.58 bits per heavy atom. The van der Waals surface area contributed by atoms with Crippen LogP contribution >= 0.6 is 0 Å². The lowest BCUT2D eigenvalue weighted by Gasteiger charge is -2.34. The van der Waals surface area contributed by atoms with Gasteiger partial charge in [0.25, 0.3) is 17.7 Å². The molecule has 162 valence electrons. The lowest BCUT2D eigenvalue weighted by atomic mass is 10.1. The van der Waals surface area contributed by atoms with Crippen LogP contribution in [0.5, 0.6) is 0 Å². The molecule has 0 unspecified atom stereocenters. The fourth-order valence-corrected chi connectivity index (χ4v) is 3.80. The van der Waals surface area contributed by atoms with Gasteiger partial charge in [-0.1, -0.05) is 0 Å². The van der Waals surface area contributed by atoms with Gasteiger partial charge in [-0.3, -0.25) is 19.3 Å². The number of imide groups is 1. The highest BCUT2D eigenvalue weighted by molar-refractivity contribution is 6.22. The number of hydrogen-bond acceptors (Lipinski definition) is 5. The predicted octanol–water partition coefficient (Wildman–Crippen LogP) is 2.66. The van der Waals surface area contributed by atoms with Crippen molar-refractivity contribution in [1.82, 2.24) is 14.7 Å². The topological polar surface area (TPSA) is 103 Å². The zero-order chi connectivity index (χ0) is 22.3. The Kier molecular flexibility index (Phi) is 5.04. The lowest BCUT2D eigenvalue weighted by molar-refractivity contribution is 0.0507. The Morgan fingerprint density at radius 3 is 2.19 bits per heavy atom. The number of nitrogens with one attached hydrogen (secondary N) is 1. The van der Waals surface area contributed by atoms with Crippen molar-refractivity contribution < 1.29 is 23.6 Å². The van der Waals surface area contributed by atoms with Crippen molar-refractivity contribution in [3.05, 3.63) is 53.5 Å². The van der Waals surface area contributed by atoms with Gasteiger partial charge in [0.05, 0.1) is 17.4 Å². The first-order valence-corrected chi connectivity index (χ1v) is 10.1. The average molecular weight is 424 g/mol. The maximum Gasteiger partial charge on any atom is 0.321 e. The first kappa shape index (κ1) is 20.6. The van der Waals surface area contributed by atoms with Crippen molar-refractivity contribution in [2.75, 3.05) is 31.5 Å². The molecule has 5 amide bonds. The first-order chi connectivity index (χ1) is 14.7. The van der Waals surface area contributed by atoms with Crippen molar-refractivity contribution in [2.45, 2.75) is 26.3 Å². The summed E-state index contributed by atoms with van der Waals surface area (Å²) in [7, 11) is 0. The summed E-state index contributed by atoms with van der Waals surface area (Å²) in [5, 5.41) is 2.78. The third-order valence-electron chi connectivity index (χ3n) is 5.39. The van der Waals surface area contributed by atoms with E-state index < -0.39 is 5.54 Å². The van der Waals surface area contributed by atoms with Gasteiger partial charge >= 0.3 is 6.03 Å². The highest BCUT2D eigenvalue weighted by Gasteiger charge is 2.42. The van der Waals surface area contributed by atoms with Crippen LogP contribution < -0.4 is 5.32 Å². The zero-order valence-electron chi connectivity index (χ0n) is 17.7. The molecule has 1 fully saturated rings. The predicted molar refractivity (Wildman–Crippen MR) is 112 cm³/mol. The molecule has 1 N–H and O–H groups in total. The number of anilines is 1. The average Bonchev–Trinajstić information content (AvgIpc) is 3.34. The van der Waals surface area contributed by atoms with E-state index in [1.165, 1.54) is 17.2 Å². The Labute approximate surface area is 179 Å². The maximum atomic E-state index is 12.7. The molecule has 2 aromatic rings. The minimum atomic E-state index is -0.636. The van der Waals surface area contributed by atoms with E-state index in [9.17, 15) is 19.2 Å². The monoisotopic (exact) mass is 424 g/mol. The summed E-state index contributed by atoms with van der Waals surface area (Å²) in [4.78, 5) is 54.8. The minimum Gasteiger partial charge on any atom is -0.459 e. The standard InChI is InChI=1S/C22H24N4O5/c1-22(2,3)26-18(27)15-7-6-14(13-16(15)19(26)28)23-21(30)25-10-8-24(9-11-25)20(29)17-5-4-12-31-17/h4-7,12-13H,8-11H2,1-3H3,(H,23,30). The summed E-state index contributed by atoms with van der Waals surface area (Å²) in [5.41, 5.74) is 0.424. The molecule has 3 heterocycles. The molecule has 9 nitrogen and oxygen atoms in total. The summed E-state index contributed by atoms with van der Waals surface area (Å²) >= 11 is 0. The maximum absolute atomic E-state index is 12.7. The van der Waals surface area contributed by atoms with Gasteiger partial charge in [-0.15, -0.1) is 0 Å². The minimum absolute atomic E-state index is 0.199. The van der Waals surface area contributed by atoms with Crippen LogP contribution in [-0.4, -0.2) is 70.2 Å². The molecule has 0 radical (unpaired) electrons. The van der Waals surface area contributed by atoms with E-state index in [1.807, 2.05) is 0 Å². The number of fused-ring (bicyclic) bond motifs is 1. The summed E-state index contributed by atoms with van der Waals surface area (Å²) in [6, 6.07) is 7.67. The molecule has 1 saturated heterocycles. The molecular weight excluding hydrogens is 400 g/mol. The van der Waals surface area contributed by atoms with Gasteiger partial charge in [0.1, 0.15) is 0 Å². The van der Waals surface area contributed by atoms with Gasteiger partial charge in [0.15, 0.2) is 5.76 Å². The van der Waals surface area contributed by atoms with Crippen molar-refractivity contribution in [2.24, 2.45) is 0 Å². The fourth-order valence-electron chi connectivity index (χ4n) is 3.80. The number of benzene rings is 1. The molecule has 1 aromatic heterocycles. The van der Waals surface area contributed by atoms with E-state index in [2.05, 4.69) is 5.32 Å². The van der Waals surface area contributed by atoms with E-state index in [1.54, 1.807) is 54.8 Å². The summed E-state index contributed by atoms with van der Waals surface area (Å²) in [6.45, 7) is 6.93. The molecule has 1 aromatic carbocycles. The number of piperazine rings is 1. The van der Waals surface area contributed by atoms with Gasteiger partial charge in [-0.25, -0.2) is 4.79 Å². The number of amides is 5. The van der Waals surface area contributed by atoms with Crippen molar-refractivity contribution in [1.29, 1.82) is 0 Å². The van der Waals surface area contributed by atoms with Crippen molar-refractivity contribution >= 4 is 29.4 Å². The highest BCUT2D eigenvalue weighted by Crippen LogP contribution is 2.31. The molecule has 0 spiro atoms. The Balaban J connectivity index is 1.40. The molecule has 0 aliphatic carbocycles. The zero-order valence-corrected chi connectivity index (χ0v) is 17.7. The first-order valence-electron chi connectivity index (χ1n) is 10.1. The van der Waals surface area contributed by atoms with E-state index in [0.717, 1.165) is 0 Å². The van der Waals surface area contributed by atoms with E-state index in [0.29, 0.717) is 37.4 Å². The molecule has 2 aliphatic heterocycles. The number of carbonyl (C=O) groups is 4. The molecular formula is C22H24N4O5.